The number of ether oxygens (including phenoxy) is 4. The summed E-state index contributed by atoms with van der Waals surface area (Å²) in [5.74, 6) is 1.28. The first-order chi connectivity index (χ1) is 8.69. The van der Waals surface area contributed by atoms with Crippen LogP contribution >= 0.6 is 0 Å². The van der Waals surface area contributed by atoms with Crippen molar-refractivity contribution in [3.63, 3.8) is 0 Å². The quantitative estimate of drug-likeness (QED) is 0.760. The van der Waals surface area contributed by atoms with Crippen molar-refractivity contribution in [2.75, 3.05) is 27.9 Å². The number of hydrogen-bond donors (Lipinski definition) is 0. The molecule has 0 spiro atoms. The van der Waals surface area contributed by atoms with Crippen LogP contribution in [0, 0.1) is 0 Å². The smallest absolute Gasteiger partial charge is 0.331 e. The normalized spacial score (nSPS) is 13.9. The van der Waals surface area contributed by atoms with Crippen molar-refractivity contribution < 1.29 is 23.7 Å². The third-order valence-corrected chi connectivity index (χ3v) is 2.70. The Hall–Kier alpha value is -2.17. The average Bonchev–Trinajstić information content (AvgIpc) is 2.83. The van der Waals surface area contributed by atoms with Gasteiger partial charge in [-0.25, -0.2) is 4.79 Å². The van der Waals surface area contributed by atoms with Crippen LogP contribution in [0.1, 0.15) is 5.56 Å². The van der Waals surface area contributed by atoms with Gasteiger partial charge in [-0.3, -0.25) is 0 Å². The molecular formula is C13H14O5. The number of hydrogen-bond acceptors (Lipinski definition) is 5. The molecule has 1 heterocycles. The predicted octanol–water partition coefficient (Wildman–Crippen LogP) is 1.65. The van der Waals surface area contributed by atoms with E-state index in [2.05, 4.69) is 0 Å². The van der Waals surface area contributed by atoms with E-state index in [4.69, 9.17) is 18.9 Å². The minimum atomic E-state index is -0.334. The van der Waals surface area contributed by atoms with Crippen molar-refractivity contribution >= 4 is 11.5 Å². The molecule has 0 N–H and O–H groups in total. The maximum atomic E-state index is 11.1. The molecule has 0 saturated carbocycles. The van der Waals surface area contributed by atoms with Gasteiger partial charge in [0.15, 0.2) is 11.5 Å². The molecule has 0 unspecified atom stereocenters. The fourth-order valence-electron chi connectivity index (χ4n) is 1.81. The molecule has 0 atom stereocenters. The molecule has 0 aliphatic carbocycles. The minimum Gasteiger partial charge on any atom is -0.493 e. The highest BCUT2D eigenvalue weighted by molar-refractivity contribution is 5.96. The zero-order valence-corrected chi connectivity index (χ0v) is 10.5. The van der Waals surface area contributed by atoms with E-state index < -0.39 is 0 Å². The molecule has 0 radical (unpaired) electrons. The molecule has 1 aromatic rings. The molecule has 0 saturated heterocycles. The second-order valence-corrected chi connectivity index (χ2v) is 3.69. The van der Waals surface area contributed by atoms with Gasteiger partial charge in [-0.2, -0.15) is 0 Å². The molecule has 5 nitrogen and oxygen atoms in total. The van der Waals surface area contributed by atoms with Crippen molar-refractivity contribution in [2.45, 2.75) is 0 Å². The van der Waals surface area contributed by atoms with Gasteiger partial charge in [0.1, 0.15) is 6.61 Å². The van der Waals surface area contributed by atoms with Gasteiger partial charge >= 0.3 is 5.97 Å². The SMILES string of the molecule is COc1cc(C2=CC(=O)OC2)cc(OC)c1OC. The number of benzene rings is 1. The maximum Gasteiger partial charge on any atom is 0.331 e. The van der Waals surface area contributed by atoms with Gasteiger partial charge in [-0.15, -0.1) is 0 Å². The van der Waals surface area contributed by atoms with Crippen molar-refractivity contribution in [3.8, 4) is 17.2 Å². The number of cyclic esters (lactones) is 1. The lowest BCUT2D eigenvalue weighted by Gasteiger charge is -2.14. The lowest BCUT2D eigenvalue weighted by molar-refractivity contribution is -0.134. The molecule has 96 valence electrons. The highest BCUT2D eigenvalue weighted by atomic mass is 16.5. The van der Waals surface area contributed by atoms with Gasteiger partial charge in [0.2, 0.25) is 5.75 Å². The average molecular weight is 250 g/mol. The van der Waals surface area contributed by atoms with Crippen LogP contribution in [0.2, 0.25) is 0 Å². The lowest BCUT2D eigenvalue weighted by Crippen LogP contribution is -1.97. The van der Waals surface area contributed by atoms with Crippen LogP contribution in [0.3, 0.4) is 0 Å². The van der Waals surface area contributed by atoms with Gasteiger partial charge in [0, 0.05) is 11.6 Å². The monoisotopic (exact) mass is 250 g/mol. The molecule has 0 amide bonds. The van der Waals surface area contributed by atoms with E-state index in [1.165, 1.54) is 6.08 Å². The Kier molecular flexibility index (Phi) is 3.41. The molecule has 0 fully saturated rings. The third-order valence-electron chi connectivity index (χ3n) is 2.70. The van der Waals surface area contributed by atoms with E-state index in [1.54, 1.807) is 33.5 Å². The summed E-state index contributed by atoms with van der Waals surface area (Å²) in [6.07, 6.45) is 1.46. The standard InChI is InChI=1S/C13H14O5/c1-15-10-4-8(9-6-12(14)18-7-9)5-11(16-2)13(10)17-3/h4-6H,7H2,1-3H3. The Morgan fingerprint density at radius 2 is 1.67 bits per heavy atom. The molecule has 0 aromatic heterocycles. The maximum absolute atomic E-state index is 11.1. The molecule has 0 bridgehead atoms. The fraction of sp³-hybridized carbons (Fsp3) is 0.308. The zero-order chi connectivity index (χ0) is 13.1. The Labute approximate surface area is 105 Å². The van der Waals surface area contributed by atoms with Crippen LogP contribution in [-0.2, 0) is 9.53 Å². The van der Waals surface area contributed by atoms with Crippen molar-refractivity contribution in [1.82, 2.24) is 0 Å². The van der Waals surface area contributed by atoms with Gasteiger partial charge in [-0.05, 0) is 17.7 Å². The van der Waals surface area contributed by atoms with Crippen molar-refractivity contribution in [2.24, 2.45) is 0 Å². The number of rotatable bonds is 4. The van der Waals surface area contributed by atoms with E-state index in [9.17, 15) is 4.79 Å². The summed E-state index contributed by atoms with van der Waals surface area (Å²) in [7, 11) is 4.64. The van der Waals surface area contributed by atoms with Crippen LogP contribution in [0.15, 0.2) is 18.2 Å². The van der Waals surface area contributed by atoms with Gasteiger partial charge in [0.05, 0.1) is 21.3 Å². The summed E-state index contributed by atoms with van der Waals surface area (Å²) in [5, 5.41) is 0. The summed E-state index contributed by atoms with van der Waals surface area (Å²) >= 11 is 0. The second-order valence-electron chi connectivity index (χ2n) is 3.69. The number of carbonyl (C=O) groups excluding carboxylic acids is 1. The second kappa shape index (κ2) is 5.00. The van der Waals surface area contributed by atoms with E-state index in [1.807, 2.05) is 0 Å². The van der Waals surface area contributed by atoms with E-state index in [0.29, 0.717) is 17.2 Å². The summed E-state index contributed by atoms with van der Waals surface area (Å²) in [6, 6.07) is 3.57. The first-order valence-corrected chi connectivity index (χ1v) is 5.37. The first kappa shape index (κ1) is 12.3. The van der Waals surface area contributed by atoms with Gasteiger partial charge in [-0.1, -0.05) is 0 Å². The topological polar surface area (TPSA) is 54.0 Å². The van der Waals surface area contributed by atoms with Crippen LogP contribution in [0.4, 0.5) is 0 Å². The Morgan fingerprint density at radius 3 is 2.06 bits per heavy atom. The molecule has 1 aliphatic heterocycles. The molecule has 1 aliphatic rings. The minimum absolute atomic E-state index is 0.261. The molecule has 18 heavy (non-hydrogen) atoms. The summed E-state index contributed by atoms with van der Waals surface area (Å²) in [4.78, 5) is 11.1. The molecule has 2 rings (SSSR count). The van der Waals surface area contributed by atoms with Crippen LogP contribution in [-0.4, -0.2) is 33.9 Å². The molecule has 5 heteroatoms. The Morgan fingerprint density at radius 1 is 1.06 bits per heavy atom. The fourth-order valence-corrected chi connectivity index (χ4v) is 1.81. The predicted molar refractivity (Wildman–Crippen MR) is 65.0 cm³/mol. The summed E-state index contributed by atoms with van der Waals surface area (Å²) in [6.45, 7) is 0.261. The van der Waals surface area contributed by atoms with E-state index in [0.717, 1.165) is 11.1 Å². The molecule has 1 aromatic carbocycles. The summed E-state index contributed by atoms with van der Waals surface area (Å²) in [5.41, 5.74) is 1.61. The lowest BCUT2D eigenvalue weighted by atomic mass is 10.1. The van der Waals surface area contributed by atoms with Gasteiger partial charge < -0.3 is 18.9 Å². The van der Waals surface area contributed by atoms with Crippen LogP contribution in [0.25, 0.3) is 5.57 Å². The van der Waals surface area contributed by atoms with E-state index in [-0.39, 0.29) is 12.6 Å². The van der Waals surface area contributed by atoms with E-state index >= 15 is 0 Å². The van der Waals surface area contributed by atoms with Gasteiger partial charge in [0.25, 0.3) is 0 Å². The van der Waals surface area contributed by atoms with Crippen LogP contribution < -0.4 is 14.2 Å². The zero-order valence-electron chi connectivity index (χ0n) is 10.5. The largest absolute Gasteiger partial charge is 0.493 e. The highest BCUT2D eigenvalue weighted by Gasteiger charge is 2.19. The highest BCUT2D eigenvalue weighted by Crippen LogP contribution is 2.40. The van der Waals surface area contributed by atoms with Crippen LogP contribution in [0.5, 0.6) is 17.2 Å². The Balaban J connectivity index is 2.50. The Bertz CT molecular complexity index is 479. The third kappa shape index (κ3) is 2.11. The van der Waals surface area contributed by atoms with Crippen molar-refractivity contribution in [1.29, 1.82) is 0 Å². The molecular weight excluding hydrogens is 236 g/mol. The number of methoxy groups -OCH3 is 3. The summed E-state index contributed by atoms with van der Waals surface area (Å²) < 4.78 is 20.6. The first-order valence-electron chi connectivity index (χ1n) is 5.37. The van der Waals surface area contributed by atoms with Crippen molar-refractivity contribution in [3.05, 3.63) is 23.8 Å². The number of carbonyl (C=O) groups is 1. The number of esters is 1.